The second-order valence-corrected chi connectivity index (χ2v) is 7.22. The molecule has 0 unspecified atom stereocenters. The largest absolute Gasteiger partial charge is 0.322 e. The Morgan fingerprint density at radius 2 is 1.74 bits per heavy atom. The topological polar surface area (TPSA) is 17.8 Å². The van der Waals surface area contributed by atoms with Gasteiger partial charge in [-0.15, -0.1) is 0 Å². The van der Waals surface area contributed by atoms with E-state index in [2.05, 4.69) is 9.55 Å². The van der Waals surface area contributed by atoms with Crippen LogP contribution >= 0.6 is 46.6 Å². The predicted molar refractivity (Wildman–Crippen MR) is 99.7 cm³/mol. The van der Waals surface area contributed by atoms with Gasteiger partial charge >= 0.3 is 0 Å². The van der Waals surface area contributed by atoms with Crippen molar-refractivity contribution in [2.24, 2.45) is 7.05 Å². The summed E-state index contributed by atoms with van der Waals surface area (Å²) in [6, 6.07) is 13.4. The van der Waals surface area contributed by atoms with Crippen LogP contribution in [0.2, 0.25) is 15.1 Å². The average Bonchev–Trinajstić information content (AvgIpc) is 2.90. The second-order valence-electron chi connectivity index (χ2n) is 5.03. The fourth-order valence-corrected chi connectivity index (χ4v) is 3.53. The maximum atomic E-state index is 6.05. The third kappa shape index (κ3) is 3.86. The molecule has 3 rings (SSSR count). The van der Waals surface area contributed by atoms with Crippen molar-refractivity contribution >= 4 is 46.6 Å². The van der Waals surface area contributed by atoms with Gasteiger partial charge in [-0.2, -0.15) is 0 Å². The van der Waals surface area contributed by atoms with Crippen molar-refractivity contribution in [3.63, 3.8) is 0 Å². The van der Waals surface area contributed by atoms with Gasteiger partial charge in [0, 0.05) is 17.8 Å². The number of imidazole rings is 1. The summed E-state index contributed by atoms with van der Waals surface area (Å²) in [5.74, 6) is 0.780. The molecule has 0 bridgehead atoms. The van der Waals surface area contributed by atoms with Crippen molar-refractivity contribution in [2.45, 2.75) is 10.9 Å². The minimum Gasteiger partial charge on any atom is -0.322 e. The molecule has 0 N–H and O–H groups in total. The van der Waals surface area contributed by atoms with Gasteiger partial charge in [0.1, 0.15) is 0 Å². The van der Waals surface area contributed by atoms with Crippen LogP contribution in [0.4, 0.5) is 0 Å². The van der Waals surface area contributed by atoms with E-state index in [1.165, 1.54) is 0 Å². The smallest absolute Gasteiger partial charge is 0.168 e. The highest BCUT2D eigenvalue weighted by atomic mass is 35.5. The summed E-state index contributed by atoms with van der Waals surface area (Å²) in [4.78, 5) is 4.50. The first-order valence-electron chi connectivity index (χ1n) is 6.89. The molecule has 6 heteroatoms. The molecular formula is C17H13Cl3N2S. The standard InChI is InChI=1S/C17H13Cl3N2S/c1-22-16(12-3-5-13(18)6-4-12)9-21-17(22)23-10-11-2-7-14(19)15(20)8-11/h2-9H,10H2,1H3. The third-order valence-electron chi connectivity index (χ3n) is 3.44. The van der Waals surface area contributed by atoms with Crippen LogP contribution in [0.25, 0.3) is 11.3 Å². The van der Waals surface area contributed by atoms with E-state index in [-0.39, 0.29) is 0 Å². The number of hydrogen-bond acceptors (Lipinski definition) is 2. The van der Waals surface area contributed by atoms with Crippen LogP contribution in [0.15, 0.2) is 53.8 Å². The van der Waals surface area contributed by atoms with E-state index in [4.69, 9.17) is 34.8 Å². The van der Waals surface area contributed by atoms with E-state index >= 15 is 0 Å². The predicted octanol–water partition coefficient (Wildman–Crippen LogP) is 6.34. The van der Waals surface area contributed by atoms with Gasteiger partial charge in [-0.3, -0.25) is 0 Å². The summed E-state index contributed by atoms with van der Waals surface area (Å²) in [6.45, 7) is 0. The monoisotopic (exact) mass is 382 g/mol. The highest BCUT2D eigenvalue weighted by Crippen LogP contribution is 2.29. The molecule has 0 aliphatic carbocycles. The molecule has 0 aliphatic rings. The van der Waals surface area contributed by atoms with Crippen molar-refractivity contribution in [1.82, 2.24) is 9.55 Å². The molecule has 1 aromatic heterocycles. The van der Waals surface area contributed by atoms with Gasteiger partial charge in [0.25, 0.3) is 0 Å². The lowest BCUT2D eigenvalue weighted by atomic mass is 10.2. The zero-order valence-electron chi connectivity index (χ0n) is 12.3. The van der Waals surface area contributed by atoms with E-state index in [1.54, 1.807) is 11.8 Å². The molecule has 0 atom stereocenters. The SMILES string of the molecule is Cn1c(-c2ccc(Cl)cc2)cnc1SCc1ccc(Cl)c(Cl)c1. The summed E-state index contributed by atoms with van der Waals surface area (Å²) in [5.41, 5.74) is 3.25. The Labute approximate surface area is 154 Å². The summed E-state index contributed by atoms with van der Waals surface area (Å²) in [5, 5.41) is 2.82. The van der Waals surface area contributed by atoms with Crippen LogP contribution in [-0.2, 0) is 12.8 Å². The van der Waals surface area contributed by atoms with Gasteiger partial charge in [0.15, 0.2) is 5.16 Å². The first kappa shape index (κ1) is 16.7. The number of benzene rings is 2. The second kappa shape index (κ2) is 7.18. The van der Waals surface area contributed by atoms with Crippen molar-refractivity contribution in [2.75, 3.05) is 0 Å². The van der Waals surface area contributed by atoms with Gasteiger partial charge in [0.05, 0.1) is 21.9 Å². The molecule has 0 fully saturated rings. The Morgan fingerprint density at radius 1 is 1.00 bits per heavy atom. The zero-order valence-corrected chi connectivity index (χ0v) is 15.3. The summed E-state index contributed by atoms with van der Waals surface area (Å²) >= 11 is 19.6. The van der Waals surface area contributed by atoms with Crippen molar-refractivity contribution in [3.8, 4) is 11.3 Å². The van der Waals surface area contributed by atoms with Gasteiger partial charge in [0.2, 0.25) is 0 Å². The Balaban J connectivity index is 1.76. The first-order chi connectivity index (χ1) is 11.0. The molecule has 23 heavy (non-hydrogen) atoms. The highest BCUT2D eigenvalue weighted by Gasteiger charge is 2.10. The molecule has 0 aliphatic heterocycles. The van der Waals surface area contributed by atoms with Gasteiger partial charge < -0.3 is 4.57 Å². The van der Waals surface area contributed by atoms with Gasteiger partial charge in [-0.05, 0) is 35.4 Å². The van der Waals surface area contributed by atoms with Crippen LogP contribution in [0.1, 0.15) is 5.56 Å². The van der Waals surface area contributed by atoms with E-state index < -0.39 is 0 Å². The number of aromatic nitrogens is 2. The average molecular weight is 384 g/mol. The fraction of sp³-hybridized carbons (Fsp3) is 0.118. The maximum Gasteiger partial charge on any atom is 0.168 e. The number of rotatable bonds is 4. The molecule has 2 nitrogen and oxygen atoms in total. The summed E-state index contributed by atoms with van der Waals surface area (Å²) in [7, 11) is 2.01. The van der Waals surface area contributed by atoms with Crippen LogP contribution in [0.3, 0.4) is 0 Å². The quantitative estimate of drug-likeness (QED) is 0.489. The minimum absolute atomic E-state index is 0.572. The molecule has 0 radical (unpaired) electrons. The van der Waals surface area contributed by atoms with Crippen molar-refractivity contribution < 1.29 is 0 Å². The maximum absolute atomic E-state index is 6.05. The molecule has 118 valence electrons. The molecule has 3 aromatic rings. The van der Waals surface area contributed by atoms with Crippen LogP contribution < -0.4 is 0 Å². The number of hydrogen-bond donors (Lipinski definition) is 0. The Kier molecular flexibility index (Phi) is 5.22. The molecule has 0 saturated carbocycles. The van der Waals surface area contributed by atoms with Gasteiger partial charge in [-0.25, -0.2) is 4.98 Å². The summed E-state index contributed by atoms with van der Waals surface area (Å²) < 4.78 is 2.07. The summed E-state index contributed by atoms with van der Waals surface area (Å²) in [6.07, 6.45) is 1.88. The lowest BCUT2D eigenvalue weighted by molar-refractivity contribution is 0.796. The lowest BCUT2D eigenvalue weighted by Crippen LogP contribution is -1.94. The lowest BCUT2D eigenvalue weighted by Gasteiger charge is -2.07. The number of nitrogens with zero attached hydrogens (tertiary/aromatic N) is 2. The first-order valence-corrected chi connectivity index (χ1v) is 9.01. The molecular weight excluding hydrogens is 371 g/mol. The molecule has 2 aromatic carbocycles. The molecule has 0 saturated heterocycles. The van der Waals surface area contributed by atoms with E-state index in [0.29, 0.717) is 10.0 Å². The van der Waals surface area contributed by atoms with E-state index in [0.717, 1.165) is 32.8 Å². The number of thioether (sulfide) groups is 1. The Morgan fingerprint density at radius 3 is 2.43 bits per heavy atom. The van der Waals surface area contributed by atoms with Crippen molar-refractivity contribution in [3.05, 3.63) is 69.3 Å². The minimum atomic E-state index is 0.572. The molecule has 0 amide bonds. The Hall–Kier alpha value is -1.13. The molecule has 1 heterocycles. The van der Waals surface area contributed by atoms with Crippen LogP contribution in [0, 0.1) is 0 Å². The van der Waals surface area contributed by atoms with E-state index in [1.807, 2.05) is 55.7 Å². The number of halogens is 3. The molecule has 0 spiro atoms. The fourth-order valence-electron chi connectivity index (χ4n) is 2.19. The van der Waals surface area contributed by atoms with E-state index in [9.17, 15) is 0 Å². The van der Waals surface area contributed by atoms with Gasteiger partial charge in [-0.1, -0.05) is 64.8 Å². The van der Waals surface area contributed by atoms with Crippen LogP contribution in [-0.4, -0.2) is 9.55 Å². The Bertz CT molecular complexity index is 828. The normalized spacial score (nSPS) is 11.0. The highest BCUT2D eigenvalue weighted by molar-refractivity contribution is 7.98. The van der Waals surface area contributed by atoms with Crippen LogP contribution in [0.5, 0.6) is 0 Å². The zero-order chi connectivity index (χ0) is 16.4. The van der Waals surface area contributed by atoms with Crippen molar-refractivity contribution in [1.29, 1.82) is 0 Å². The third-order valence-corrected chi connectivity index (χ3v) is 5.54.